The molecule has 0 aliphatic rings. The fourth-order valence-electron chi connectivity index (χ4n) is 2.02. The number of hydrogen-bond acceptors (Lipinski definition) is 4. The first-order chi connectivity index (χ1) is 9.20. The standard InChI is InChI=1S/C13H21N5O/c1-11(10-19-3)16-13-14-7-9-18(13)8-5-12-4-6-15-17(12)2/h4,6-7,9,11H,5,8,10H2,1-3H3,(H,14,16). The van der Waals surface area contributed by atoms with Crippen LogP contribution in [0.25, 0.3) is 0 Å². The first-order valence-corrected chi connectivity index (χ1v) is 6.44. The summed E-state index contributed by atoms with van der Waals surface area (Å²) in [6.45, 7) is 3.61. The van der Waals surface area contributed by atoms with Gasteiger partial charge in [-0.15, -0.1) is 0 Å². The van der Waals surface area contributed by atoms with Crippen LogP contribution in [0.1, 0.15) is 12.6 Å². The third-order valence-corrected chi connectivity index (χ3v) is 3.04. The predicted octanol–water partition coefficient (Wildman–Crippen LogP) is 1.31. The van der Waals surface area contributed by atoms with Gasteiger partial charge in [-0.25, -0.2) is 4.98 Å². The maximum Gasteiger partial charge on any atom is 0.203 e. The van der Waals surface area contributed by atoms with Crippen LogP contribution in [-0.4, -0.2) is 39.1 Å². The Kier molecular flexibility index (Phi) is 4.57. The van der Waals surface area contributed by atoms with Gasteiger partial charge in [-0.1, -0.05) is 0 Å². The van der Waals surface area contributed by atoms with Crippen LogP contribution in [0.15, 0.2) is 24.7 Å². The van der Waals surface area contributed by atoms with Crippen molar-refractivity contribution >= 4 is 5.95 Å². The molecular formula is C13H21N5O. The molecule has 1 atom stereocenters. The van der Waals surface area contributed by atoms with E-state index in [9.17, 15) is 0 Å². The summed E-state index contributed by atoms with van der Waals surface area (Å²) in [7, 11) is 3.66. The molecule has 0 aromatic carbocycles. The third-order valence-electron chi connectivity index (χ3n) is 3.04. The third kappa shape index (κ3) is 3.57. The summed E-state index contributed by atoms with van der Waals surface area (Å²) in [5, 5.41) is 7.51. The van der Waals surface area contributed by atoms with Gasteiger partial charge in [0.1, 0.15) is 0 Å². The lowest BCUT2D eigenvalue weighted by molar-refractivity contribution is 0.190. The van der Waals surface area contributed by atoms with Crippen molar-refractivity contribution in [2.75, 3.05) is 19.0 Å². The van der Waals surface area contributed by atoms with E-state index in [2.05, 4.69) is 26.9 Å². The molecule has 1 N–H and O–H groups in total. The molecule has 0 radical (unpaired) electrons. The molecule has 1 unspecified atom stereocenters. The van der Waals surface area contributed by atoms with E-state index in [0.717, 1.165) is 18.9 Å². The Bertz CT molecular complexity index is 505. The van der Waals surface area contributed by atoms with Crippen LogP contribution in [0, 0.1) is 0 Å². The van der Waals surface area contributed by atoms with Crippen LogP contribution in [0.3, 0.4) is 0 Å². The number of methoxy groups -OCH3 is 1. The molecule has 6 nitrogen and oxygen atoms in total. The van der Waals surface area contributed by atoms with Crippen molar-refractivity contribution in [3.05, 3.63) is 30.4 Å². The summed E-state index contributed by atoms with van der Waals surface area (Å²) in [4.78, 5) is 4.33. The first-order valence-electron chi connectivity index (χ1n) is 6.44. The van der Waals surface area contributed by atoms with Crippen molar-refractivity contribution in [1.82, 2.24) is 19.3 Å². The molecule has 0 fully saturated rings. The molecule has 2 aromatic heterocycles. The number of aromatic nitrogens is 4. The Balaban J connectivity index is 1.94. The van der Waals surface area contributed by atoms with Crippen LogP contribution in [-0.2, 0) is 24.8 Å². The van der Waals surface area contributed by atoms with Gasteiger partial charge in [0.25, 0.3) is 0 Å². The average Bonchev–Trinajstić information content (AvgIpc) is 2.96. The minimum absolute atomic E-state index is 0.239. The highest BCUT2D eigenvalue weighted by molar-refractivity contribution is 5.27. The van der Waals surface area contributed by atoms with Crippen molar-refractivity contribution in [2.45, 2.75) is 25.9 Å². The fourth-order valence-corrected chi connectivity index (χ4v) is 2.02. The molecule has 0 aliphatic carbocycles. The van der Waals surface area contributed by atoms with Gasteiger partial charge in [-0.05, 0) is 13.0 Å². The summed E-state index contributed by atoms with van der Waals surface area (Å²) in [6.07, 6.45) is 6.55. The topological polar surface area (TPSA) is 56.9 Å². The second-order valence-corrected chi connectivity index (χ2v) is 4.64. The molecule has 2 heterocycles. The monoisotopic (exact) mass is 263 g/mol. The van der Waals surface area contributed by atoms with Gasteiger partial charge >= 0.3 is 0 Å². The minimum Gasteiger partial charge on any atom is -0.383 e. The Morgan fingerprint density at radius 3 is 2.95 bits per heavy atom. The van der Waals surface area contributed by atoms with Crippen molar-refractivity contribution < 1.29 is 4.74 Å². The van der Waals surface area contributed by atoms with Crippen LogP contribution in [0.2, 0.25) is 0 Å². The minimum atomic E-state index is 0.239. The maximum absolute atomic E-state index is 5.12. The number of rotatable bonds is 7. The van der Waals surface area contributed by atoms with Crippen LogP contribution in [0.4, 0.5) is 5.95 Å². The quantitative estimate of drug-likeness (QED) is 0.818. The van der Waals surface area contributed by atoms with Gasteiger partial charge in [0.05, 0.1) is 6.61 Å². The Morgan fingerprint density at radius 1 is 1.42 bits per heavy atom. The fraction of sp³-hybridized carbons (Fsp3) is 0.538. The number of ether oxygens (including phenoxy) is 1. The lowest BCUT2D eigenvalue weighted by Crippen LogP contribution is -2.23. The second-order valence-electron chi connectivity index (χ2n) is 4.64. The van der Waals surface area contributed by atoms with E-state index in [1.165, 1.54) is 5.69 Å². The lowest BCUT2D eigenvalue weighted by Gasteiger charge is -2.15. The van der Waals surface area contributed by atoms with E-state index < -0.39 is 0 Å². The van der Waals surface area contributed by atoms with E-state index >= 15 is 0 Å². The number of nitrogens with zero attached hydrogens (tertiary/aromatic N) is 4. The normalized spacial score (nSPS) is 12.6. The summed E-state index contributed by atoms with van der Waals surface area (Å²) in [6, 6.07) is 2.28. The van der Waals surface area contributed by atoms with Crippen LogP contribution in [0.5, 0.6) is 0 Å². The summed E-state index contributed by atoms with van der Waals surface area (Å²) in [5.41, 5.74) is 1.21. The van der Waals surface area contributed by atoms with Crippen molar-refractivity contribution in [3.8, 4) is 0 Å². The summed E-state index contributed by atoms with van der Waals surface area (Å²) in [5.74, 6) is 0.881. The number of nitrogens with one attached hydrogen (secondary N) is 1. The summed E-state index contributed by atoms with van der Waals surface area (Å²) >= 11 is 0. The molecular weight excluding hydrogens is 242 g/mol. The van der Waals surface area contributed by atoms with E-state index in [-0.39, 0.29) is 6.04 Å². The van der Waals surface area contributed by atoms with Gasteiger partial charge in [0.2, 0.25) is 5.95 Å². The molecule has 0 bridgehead atoms. The summed E-state index contributed by atoms with van der Waals surface area (Å²) < 4.78 is 9.13. The zero-order chi connectivity index (χ0) is 13.7. The SMILES string of the molecule is COCC(C)Nc1nccn1CCc1ccnn1C. The average molecular weight is 263 g/mol. The van der Waals surface area contributed by atoms with E-state index in [4.69, 9.17) is 4.74 Å². The number of imidazole rings is 1. The van der Waals surface area contributed by atoms with E-state index in [0.29, 0.717) is 6.61 Å². The van der Waals surface area contributed by atoms with Crippen molar-refractivity contribution in [3.63, 3.8) is 0 Å². The Morgan fingerprint density at radius 2 is 2.26 bits per heavy atom. The zero-order valence-corrected chi connectivity index (χ0v) is 11.7. The van der Waals surface area contributed by atoms with Gasteiger partial charge in [0.15, 0.2) is 0 Å². The van der Waals surface area contributed by atoms with Gasteiger partial charge < -0.3 is 14.6 Å². The molecule has 0 amide bonds. The maximum atomic E-state index is 5.12. The first kappa shape index (κ1) is 13.6. The van der Waals surface area contributed by atoms with Crippen LogP contribution < -0.4 is 5.32 Å². The smallest absolute Gasteiger partial charge is 0.203 e. The molecule has 0 saturated heterocycles. The lowest BCUT2D eigenvalue weighted by atomic mass is 10.3. The molecule has 0 spiro atoms. The highest BCUT2D eigenvalue weighted by Crippen LogP contribution is 2.08. The molecule has 2 aromatic rings. The molecule has 6 heteroatoms. The molecule has 19 heavy (non-hydrogen) atoms. The van der Waals surface area contributed by atoms with Gasteiger partial charge in [-0.2, -0.15) is 5.10 Å². The van der Waals surface area contributed by atoms with Crippen molar-refractivity contribution in [2.24, 2.45) is 7.05 Å². The molecule has 0 saturated carbocycles. The molecule has 2 rings (SSSR count). The molecule has 0 aliphatic heterocycles. The molecule has 104 valence electrons. The largest absolute Gasteiger partial charge is 0.383 e. The van der Waals surface area contributed by atoms with Crippen molar-refractivity contribution in [1.29, 1.82) is 0 Å². The Labute approximate surface area is 113 Å². The zero-order valence-electron chi connectivity index (χ0n) is 11.7. The highest BCUT2D eigenvalue weighted by Gasteiger charge is 2.07. The Hall–Kier alpha value is -1.82. The predicted molar refractivity (Wildman–Crippen MR) is 74.1 cm³/mol. The van der Waals surface area contributed by atoms with Crippen LogP contribution >= 0.6 is 0 Å². The highest BCUT2D eigenvalue weighted by atomic mass is 16.5. The van der Waals surface area contributed by atoms with E-state index in [1.807, 2.05) is 36.4 Å². The van der Waals surface area contributed by atoms with E-state index in [1.54, 1.807) is 7.11 Å². The van der Waals surface area contributed by atoms with Gasteiger partial charge in [-0.3, -0.25) is 4.68 Å². The second kappa shape index (κ2) is 6.38. The number of aryl methyl sites for hydroxylation is 3. The van der Waals surface area contributed by atoms with Gasteiger partial charge in [0, 0.05) is 57.4 Å². The number of anilines is 1. The number of hydrogen-bond donors (Lipinski definition) is 1.